The van der Waals surface area contributed by atoms with Crippen molar-refractivity contribution in [3.05, 3.63) is 60.2 Å². The molecule has 0 atom stereocenters. The lowest BCUT2D eigenvalue weighted by Gasteiger charge is -2.40. The number of anilines is 1. The number of amides is 2. The van der Waals surface area contributed by atoms with Crippen LogP contribution in [0.3, 0.4) is 0 Å². The molecule has 0 unspecified atom stereocenters. The van der Waals surface area contributed by atoms with Gasteiger partial charge in [0.2, 0.25) is 0 Å². The zero-order valence-electron chi connectivity index (χ0n) is 18.2. The van der Waals surface area contributed by atoms with Gasteiger partial charge in [-0.05, 0) is 51.1 Å². The van der Waals surface area contributed by atoms with Gasteiger partial charge >= 0.3 is 6.09 Å². The van der Waals surface area contributed by atoms with Gasteiger partial charge in [0.1, 0.15) is 11.4 Å². The molecule has 2 aromatic carbocycles. The SMILES string of the molecule is C#Cc1cccc(NC(=O)C2(Oc3ccccc3)CCN(C(=O)OC(C)(C)C)CC2)c1. The molecule has 0 radical (unpaired) electrons. The van der Waals surface area contributed by atoms with Crippen molar-refractivity contribution < 1.29 is 19.1 Å². The molecule has 2 amide bonds. The highest BCUT2D eigenvalue weighted by Gasteiger charge is 2.45. The molecule has 0 aliphatic carbocycles. The molecule has 0 saturated carbocycles. The molecule has 162 valence electrons. The molecule has 1 heterocycles. The summed E-state index contributed by atoms with van der Waals surface area (Å²) < 4.78 is 11.7. The fourth-order valence-electron chi connectivity index (χ4n) is 3.40. The summed E-state index contributed by atoms with van der Waals surface area (Å²) in [4.78, 5) is 27.4. The van der Waals surface area contributed by atoms with E-state index in [0.717, 1.165) is 0 Å². The van der Waals surface area contributed by atoms with Gasteiger partial charge in [0.25, 0.3) is 5.91 Å². The highest BCUT2D eigenvalue weighted by molar-refractivity contribution is 5.98. The summed E-state index contributed by atoms with van der Waals surface area (Å²) >= 11 is 0. The van der Waals surface area contributed by atoms with Crippen molar-refractivity contribution in [3.63, 3.8) is 0 Å². The lowest BCUT2D eigenvalue weighted by Crippen LogP contribution is -2.56. The van der Waals surface area contributed by atoms with Crippen LogP contribution in [0, 0.1) is 12.3 Å². The largest absolute Gasteiger partial charge is 0.477 e. The Morgan fingerprint density at radius 3 is 2.35 bits per heavy atom. The van der Waals surface area contributed by atoms with Gasteiger partial charge in [-0.25, -0.2) is 4.79 Å². The molecule has 0 spiro atoms. The Morgan fingerprint density at radius 2 is 1.74 bits per heavy atom. The number of nitrogens with zero attached hydrogens (tertiary/aromatic N) is 1. The van der Waals surface area contributed by atoms with Gasteiger partial charge in [0.05, 0.1) is 0 Å². The van der Waals surface area contributed by atoms with E-state index < -0.39 is 11.2 Å². The third kappa shape index (κ3) is 5.79. The van der Waals surface area contributed by atoms with Crippen LogP contribution in [-0.2, 0) is 9.53 Å². The quantitative estimate of drug-likeness (QED) is 0.742. The number of para-hydroxylation sites is 1. The van der Waals surface area contributed by atoms with E-state index >= 15 is 0 Å². The Labute approximate surface area is 183 Å². The van der Waals surface area contributed by atoms with E-state index in [0.29, 0.717) is 42.9 Å². The Morgan fingerprint density at radius 1 is 1.06 bits per heavy atom. The van der Waals surface area contributed by atoms with Crippen LogP contribution in [0.5, 0.6) is 5.75 Å². The van der Waals surface area contributed by atoms with Crippen molar-refractivity contribution >= 4 is 17.7 Å². The Kier molecular flexibility index (Phi) is 6.55. The number of rotatable bonds is 4. The van der Waals surface area contributed by atoms with Gasteiger partial charge in [-0.15, -0.1) is 6.42 Å². The summed E-state index contributed by atoms with van der Waals surface area (Å²) in [6.45, 7) is 6.18. The minimum atomic E-state index is -1.12. The average molecular weight is 421 g/mol. The van der Waals surface area contributed by atoms with Crippen molar-refractivity contribution in [2.75, 3.05) is 18.4 Å². The Hall–Kier alpha value is -3.46. The molecule has 1 N–H and O–H groups in total. The number of likely N-dealkylation sites (tertiary alicyclic amines) is 1. The van der Waals surface area contributed by atoms with Crippen LogP contribution in [0.1, 0.15) is 39.2 Å². The maximum absolute atomic E-state index is 13.4. The third-order valence-electron chi connectivity index (χ3n) is 4.98. The number of terminal acetylenes is 1. The molecule has 0 bridgehead atoms. The van der Waals surface area contributed by atoms with Crippen LogP contribution in [0.25, 0.3) is 0 Å². The first-order chi connectivity index (χ1) is 14.7. The number of piperidine rings is 1. The van der Waals surface area contributed by atoms with E-state index in [9.17, 15) is 9.59 Å². The van der Waals surface area contributed by atoms with Gasteiger partial charge in [-0.2, -0.15) is 0 Å². The Bertz CT molecular complexity index is 965. The first kappa shape index (κ1) is 22.2. The summed E-state index contributed by atoms with van der Waals surface area (Å²) in [6, 6.07) is 16.3. The summed E-state index contributed by atoms with van der Waals surface area (Å²) in [7, 11) is 0. The first-order valence-electron chi connectivity index (χ1n) is 10.3. The number of carbonyl (C=O) groups is 2. The minimum Gasteiger partial charge on any atom is -0.477 e. The van der Waals surface area contributed by atoms with Crippen molar-refractivity contribution in [3.8, 4) is 18.1 Å². The predicted molar refractivity (Wildman–Crippen MR) is 120 cm³/mol. The number of carbonyl (C=O) groups excluding carboxylic acids is 2. The molecule has 0 aromatic heterocycles. The standard InChI is InChI=1S/C25H28N2O4/c1-5-19-10-9-11-20(18-19)26-22(28)25(30-21-12-7-6-8-13-21)14-16-27(17-15-25)23(29)31-24(2,3)4/h1,6-13,18H,14-17H2,2-4H3,(H,26,28). The number of hydrogen-bond donors (Lipinski definition) is 1. The van der Waals surface area contributed by atoms with Crippen molar-refractivity contribution in [1.82, 2.24) is 4.90 Å². The number of nitrogens with one attached hydrogen (secondary N) is 1. The fraction of sp³-hybridized carbons (Fsp3) is 0.360. The van der Waals surface area contributed by atoms with Gasteiger partial charge in [-0.1, -0.05) is 30.2 Å². The molecular formula is C25H28N2O4. The van der Waals surface area contributed by atoms with Crippen molar-refractivity contribution in [2.24, 2.45) is 0 Å². The molecule has 3 rings (SSSR count). The van der Waals surface area contributed by atoms with Gasteiger partial charge < -0.3 is 19.7 Å². The third-order valence-corrected chi connectivity index (χ3v) is 4.98. The van der Waals surface area contributed by atoms with Crippen LogP contribution >= 0.6 is 0 Å². The second kappa shape index (κ2) is 9.13. The van der Waals surface area contributed by atoms with E-state index in [1.165, 1.54) is 0 Å². The zero-order valence-corrected chi connectivity index (χ0v) is 18.2. The van der Waals surface area contributed by atoms with Gasteiger partial charge in [0, 0.05) is 37.2 Å². The molecule has 31 heavy (non-hydrogen) atoms. The van der Waals surface area contributed by atoms with Crippen LogP contribution in [0.4, 0.5) is 10.5 Å². The van der Waals surface area contributed by atoms with Crippen LogP contribution in [0.2, 0.25) is 0 Å². The molecule has 2 aromatic rings. The monoisotopic (exact) mass is 420 g/mol. The minimum absolute atomic E-state index is 0.269. The summed E-state index contributed by atoms with van der Waals surface area (Å²) in [5.74, 6) is 2.89. The predicted octanol–water partition coefficient (Wildman–Crippen LogP) is 4.46. The molecule has 6 nitrogen and oxygen atoms in total. The second-order valence-electron chi connectivity index (χ2n) is 8.56. The molecule has 1 aliphatic heterocycles. The Balaban J connectivity index is 1.79. The topological polar surface area (TPSA) is 67.9 Å². The number of benzene rings is 2. The molecular weight excluding hydrogens is 392 g/mol. The smallest absolute Gasteiger partial charge is 0.410 e. The highest BCUT2D eigenvalue weighted by atomic mass is 16.6. The molecule has 6 heteroatoms. The lowest BCUT2D eigenvalue weighted by molar-refractivity contribution is -0.135. The fourth-order valence-corrected chi connectivity index (χ4v) is 3.40. The number of hydrogen-bond acceptors (Lipinski definition) is 4. The summed E-state index contributed by atoms with van der Waals surface area (Å²) in [5.41, 5.74) is -0.418. The second-order valence-corrected chi connectivity index (χ2v) is 8.56. The van der Waals surface area contributed by atoms with E-state index in [2.05, 4.69) is 11.2 Å². The van der Waals surface area contributed by atoms with Gasteiger partial charge in [0.15, 0.2) is 5.60 Å². The summed E-state index contributed by atoms with van der Waals surface area (Å²) in [6.07, 6.45) is 5.76. The van der Waals surface area contributed by atoms with Gasteiger partial charge in [-0.3, -0.25) is 4.79 Å². The average Bonchev–Trinajstić information content (AvgIpc) is 2.74. The number of ether oxygens (including phenoxy) is 2. The maximum Gasteiger partial charge on any atom is 0.410 e. The molecule has 1 fully saturated rings. The highest BCUT2D eigenvalue weighted by Crippen LogP contribution is 2.31. The van der Waals surface area contributed by atoms with E-state index in [4.69, 9.17) is 15.9 Å². The van der Waals surface area contributed by atoms with E-state index in [1.807, 2.05) is 51.1 Å². The molecule has 1 saturated heterocycles. The van der Waals surface area contributed by atoms with E-state index in [-0.39, 0.29) is 12.0 Å². The zero-order chi connectivity index (χ0) is 22.5. The normalized spacial score (nSPS) is 15.5. The lowest BCUT2D eigenvalue weighted by atomic mass is 9.89. The maximum atomic E-state index is 13.4. The van der Waals surface area contributed by atoms with Crippen LogP contribution < -0.4 is 10.1 Å². The van der Waals surface area contributed by atoms with E-state index in [1.54, 1.807) is 29.2 Å². The van der Waals surface area contributed by atoms with Crippen LogP contribution in [-0.4, -0.2) is 41.2 Å². The summed E-state index contributed by atoms with van der Waals surface area (Å²) in [5, 5.41) is 2.94. The van der Waals surface area contributed by atoms with Crippen molar-refractivity contribution in [2.45, 2.75) is 44.8 Å². The van der Waals surface area contributed by atoms with Crippen molar-refractivity contribution in [1.29, 1.82) is 0 Å². The van der Waals surface area contributed by atoms with Crippen LogP contribution in [0.15, 0.2) is 54.6 Å². The molecule has 1 aliphatic rings. The first-order valence-corrected chi connectivity index (χ1v) is 10.3.